The molecule has 1 heterocycles. The highest BCUT2D eigenvalue weighted by Crippen LogP contribution is 2.24. The number of aryl methyl sites for hydroxylation is 3. The lowest BCUT2D eigenvalue weighted by Crippen LogP contribution is -2.22. The molecule has 0 amide bonds. The van der Waals surface area contributed by atoms with Crippen LogP contribution in [-0.2, 0) is 25.8 Å². The lowest BCUT2D eigenvalue weighted by Gasteiger charge is -2.07. The van der Waals surface area contributed by atoms with Crippen molar-refractivity contribution >= 4 is 23.0 Å². The molecule has 1 aromatic carbocycles. The Hall–Kier alpha value is -1.81. The van der Waals surface area contributed by atoms with Crippen LogP contribution in [0, 0.1) is 0 Å². The van der Waals surface area contributed by atoms with E-state index in [1.54, 1.807) is 0 Å². The van der Waals surface area contributed by atoms with Gasteiger partial charge in [0.15, 0.2) is 5.96 Å². The lowest BCUT2D eigenvalue weighted by molar-refractivity contribution is 0.912. The van der Waals surface area contributed by atoms with Gasteiger partial charge in [-0.1, -0.05) is 13.0 Å². The van der Waals surface area contributed by atoms with Crippen molar-refractivity contribution in [3.8, 4) is 0 Å². The third-order valence-electron chi connectivity index (χ3n) is 3.84. The van der Waals surface area contributed by atoms with Crippen LogP contribution >= 0.6 is 11.3 Å². The van der Waals surface area contributed by atoms with Gasteiger partial charge in [-0.3, -0.25) is 0 Å². The van der Waals surface area contributed by atoms with Crippen molar-refractivity contribution in [2.45, 2.75) is 39.2 Å². The Morgan fingerprint density at radius 3 is 2.81 bits per heavy atom. The minimum absolute atomic E-state index is 0.486. The second-order valence-electron chi connectivity index (χ2n) is 5.39. The molecule has 0 atom stereocenters. The molecule has 3 rings (SSSR count). The molecule has 0 radical (unpaired) electrons. The van der Waals surface area contributed by atoms with Crippen LogP contribution in [0.2, 0.25) is 0 Å². The number of thiophene rings is 1. The lowest BCUT2D eigenvalue weighted by atomic mass is 10.1. The highest BCUT2D eigenvalue weighted by molar-refractivity contribution is 7.11. The quantitative estimate of drug-likeness (QED) is 0.667. The Balaban J connectivity index is 1.62. The summed E-state index contributed by atoms with van der Waals surface area (Å²) in [6.45, 7) is 2.82. The molecule has 110 valence electrons. The van der Waals surface area contributed by atoms with Crippen LogP contribution in [0.4, 0.5) is 5.69 Å². The largest absolute Gasteiger partial charge is 0.370 e. The van der Waals surface area contributed by atoms with Crippen molar-refractivity contribution in [2.24, 2.45) is 10.7 Å². The summed E-state index contributed by atoms with van der Waals surface area (Å²) in [5.74, 6) is 0.486. The van der Waals surface area contributed by atoms with E-state index in [1.807, 2.05) is 11.3 Å². The molecule has 21 heavy (non-hydrogen) atoms. The van der Waals surface area contributed by atoms with Gasteiger partial charge in [-0.05, 0) is 61.1 Å². The molecule has 4 heteroatoms. The zero-order chi connectivity index (χ0) is 14.7. The number of nitrogens with two attached hydrogens (primary N) is 1. The number of fused-ring (bicyclic) bond motifs is 1. The van der Waals surface area contributed by atoms with E-state index >= 15 is 0 Å². The van der Waals surface area contributed by atoms with E-state index in [0.717, 1.165) is 12.1 Å². The van der Waals surface area contributed by atoms with Crippen molar-refractivity contribution < 1.29 is 0 Å². The first-order valence-electron chi connectivity index (χ1n) is 7.51. The number of hydrogen-bond donors (Lipinski definition) is 2. The molecule has 0 fully saturated rings. The Bertz CT molecular complexity index is 658. The zero-order valence-corrected chi connectivity index (χ0v) is 13.2. The number of rotatable bonds is 4. The van der Waals surface area contributed by atoms with Gasteiger partial charge in [0.2, 0.25) is 0 Å². The minimum Gasteiger partial charge on any atom is -0.370 e. The van der Waals surface area contributed by atoms with E-state index in [1.165, 1.54) is 40.1 Å². The molecule has 3 N–H and O–H groups in total. The summed E-state index contributed by atoms with van der Waals surface area (Å²) in [7, 11) is 0. The Morgan fingerprint density at radius 2 is 2.00 bits per heavy atom. The van der Waals surface area contributed by atoms with Crippen LogP contribution in [-0.4, -0.2) is 5.96 Å². The van der Waals surface area contributed by atoms with E-state index in [0.29, 0.717) is 12.5 Å². The fraction of sp³-hybridized carbons (Fsp3) is 0.353. The standard InChI is InChI=1S/C17H21N3S/c1-2-15-8-9-16(21-15)11-19-17(18)20-14-7-6-12-4-3-5-13(12)10-14/h6-10H,2-5,11H2,1H3,(H3,18,19,20). The molecule has 2 aromatic rings. The van der Waals surface area contributed by atoms with Gasteiger partial charge in [0.1, 0.15) is 0 Å². The van der Waals surface area contributed by atoms with E-state index in [4.69, 9.17) is 5.73 Å². The molecule has 0 saturated heterocycles. The normalized spacial score (nSPS) is 14.2. The number of anilines is 1. The predicted molar refractivity (Wildman–Crippen MR) is 91.1 cm³/mol. The Morgan fingerprint density at radius 1 is 1.19 bits per heavy atom. The molecule has 0 bridgehead atoms. The van der Waals surface area contributed by atoms with Gasteiger partial charge < -0.3 is 11.1 Å². The highest BCUT2D eigenvalue weighted by Gasteiger charge is 2.10. The molecule has 0 aliphatic heterocycles. The number of guanidine groups is 1. The SMILES string of the molecule is CCc1ccc(CN=C(N)Nc2ccc3c(c2)CCC3)s1. The summed E-state index contributed by atoms with van der Waals surface area (Å²) in [4.78, 5) is 7.07. The molecule has 1 aliphatic carbocycles. The monoisotopic (exact) mass is 299 g/mol. The van der Waals surface area contributed by atoms with Crippen molar-refractivity contribution in [2.75, 3.05) is 5.32 Å². The maximum atomic E-state index is 5.98. The Labute approximate surface area is 129 Å². The Kier molecular flexibility index (Phi) is 4.25. The van der Waals surface area contributed by atoms with Crippen molar-refractivity contribution in [3.05, 3.63) is 51.2 Å². The average Bonchev–Trinajstić information content (AvgIpc) is 3.13. The molecular weight excluding hydrogens is 278 g/mol. The van der Waals surface area contributed by atoms with Crippen LogP contribution in [0.5, 0.6) is 0 Å². The van der Waals surface area contributed by atoms with Gasteiger partial charge >= 0.3 is 0 Å². The number of benzene rings is 1. The summed E-state index contributed by atoms with van der Waals surface area (Å²) in [6.07, 6.45) is 4.73. The summed E-state index contributed by atoms with van der Waals surface area (Å²) >= 11 is 1.81. The van der Waals surface area contributed by atoms with E-state index < -0.39 is 0 Å². The summed E-state index contributed by atoms with van der Waals surface area (Å²) in [6, 6.07) is 10.8. The van der Waals surface area contributed by atoms with Gasteiger partial charge in [0.05, 0.1) is 6.54 Å². The molecule has 0 spiro atoms. The summed E-state index contributed by atoms with van der Waals surface area (Å²) in [5, 5.41) is 3.20. The molecular formula is C17H21N3S. The molecule has 0 saturated carbocycles. The predicted octanol–water partition coefficient (Wildman–Crippen LogP) is 3.73. The van der Waals surface area contributed by atoms with E-state index in [2.05, 4.69) is 47.6 Å². The van der Waals surface area contributed by atoms with Crippen molar-refractivity contribution in [1.29, 1.82) is 0 Å². The maximum absolute atomic E-state index is 5.98. The number of aliphatic imine (C=N–C) groups is 1. The van der Waals surface area contributed by atoms with Crippen LogP contribution < -0.4 is 11.1 Å². The van der Waals surface area contributed by atoms with E-state index in [9.17, 15) is 0 Å². The van der Waals surface area contributed by atoms with Crippen molar-refractivity contribution in [3.63, 3.8) is 0 Å². The van der Waals surface area contributed by atoms with Gasteiger partial charge in [-0.25, -0.2) is 4.99 Å². The fourth-order valence-electron chi connectivity index (χ4n) is 2.70. The fourth-order valence-corrected chi connectivity index (χ4v) is 3.58. The van der Waals surface area contributed by atoms with Gasteiger partial charge in [-0.2, -0.15) is 0 Å². The van der Waals surface area contributed by atoms with E-state index in [-0.39, 0.29) is 0 Å². The first-order valence-corrected chi connectivity index (χ1v) is 8.32. The van der Waals surface area contributed by atoms with Crippen molar-refractivity contribution in [1.82, 2.24) is 0 Å². The van der Waals surface area contributed by atoms with Crippen LogP contribution in [0.25, 0.3) is 0 Å². The van der Waals surface area contributed by atoms with Gasteiger partial charge in [0, 0.05) is 15.4 Å². The average molecular weight is 299 g/mol. The first kappa shape index (κ1) is 14.1. The van der Waals surface area contributed by atoms with Gasteiger partial charge in [0.25, 0.3) is 0 Å². The second kappa shape index (κ2) is 6.31. The minimum atomic E-state index is 0.486. The molecule has 1 aromatic heterocycles. The highest BCUT2D eigenvalue weighted by atomic mass is 32.1. The maximum Gasteiger partial charge on any atom is 0.193 e. The third kappa shape index (κ3) is 3.45. The summed E-state index contributed by atoms with van der Waals surface area (Å²) < 4.78 is 0. The zero-order valence-electron chi connectivity index (χ0n) is 12.4. The number of nitrogens with one attached hydrogen (secondary N) is 1. The molecule has 3 nitrogen and oxygen atoms in total. The second-order valence-corrected chi connectivity index (χ2v) is 6.64. The number of nitrogens with zero attached hydrogens (tertiary/aromatic N) is 1. The smallest absolute Gasteiger partial charge is 0.193 e. The first-order chi connectivity index (χ1) is 10.2. The van der Waals surface area contributed by atoms with Crippen LogP contribution in [0.3, 0.4) is 0 Å². The number of hydrogen-bond acceptors (Lipinski definition) is 2. The van der Waals surface area contributed by atoms with Crippen LogP contribution in [0.15, 0.2) is 35.3 Å². The third-order valence-corrected chi connectivity index (χ3v) is 5.06. The summed E-state index contributed by atoms with van der Waals surface area (Å²) in [5.41, 5.74) is 9.94. The van der Waals surface area contributed by atoms with Gasteiger partial charge in [-0.15, -0.1) is 11.3 Å². The topological polar surface area (TPSA) is 50.4 Å². The molecule has 1 aliphatic rings. The molecule has 0 unspecified atom stereocenters. The van der Waals surface area contributed by atoms with Crippen LogP contribution in [0.1, 0.15) is 34.2 Å².